The van der Waals surface area contributed by atoms with Gasteiger partial charge in [0.1, 0.15) is 0 Å². The van der Waals surface area contributed by atoms with Crippen molar-refractivity contribution in [2.24, 2.45) is 0 Å². The first-order valence-corrected chi connectivity index (χ1v) is 14.0. The average Bonchev–Trinajstić information content (AvgIpc) is 3.56. The van der Waals surface area contributed by atoms with Crippen LogP contribution in [0.25, 0.3) is 11.6 Å². The molecule has 0 unspecified atom stereocenters. The summed E-state index contributed by atoms with van der Waals surface area (Å²) in [5, 5.41) is 6.39. The Bertz CT molecular complexity index is 1260. The van der Waals surface area contributed by atoms with Crippen molar-refractivity contribution < 1.29 is 22.7 Å². The second-order valence-corrected chi connectivity index (χ2v) is 11.5. The lowest BCUT2D eigenvalue weighted by Crippen LogP contribution is -2.35. The molecular weight excluding hydrogens is 492 g/mol. The minimum atomic E-state index is -3.62. The highest BCUT2D eigenvalue weighted by atomic mass is 32.2. The van der Waals surface area contributed by atoms with Crippen LogP contribution in [0.5, 0.6) is 0 Å². The zero-order valence-electron chi connectivity index (χ0n) is 18.3. The quantitative estimate of drug-likeness (QED) is 0.346. The fraction of sp³-hybridized carbons (Fsp3) is 0.250. The lowest BCUT2D eigenvalue weighted by Gasteiger charge is -2.26. The van der Waals surface area contributed by atoms with Gasteiger partial charge in [-0.2, -0.15) is 4.31 Å². The third-order valence-corrected chi connectivity index (χ3v) is 8.86. The largest absolute Gasteiger partial charge is 0.452 e. The van der Waals surface area contributed by atoms with Gasteiger partial charge < -0.3 is 10.1 Å². The molecule has 0 atom stereocenters. The highest BCUT2D eigenvalue weighted by Gasteiger charge is 2.26. The number of nitrogens with one attached hydrogen (secondary N) is 1. The van der Waals surface area contributed by atoms with Crippen LogP contribution in [0.15, 0.2) is 64.2 Å². The number of piperidine rings is 1. The molecule has 0 saturated carbocycles. The zero-order valence-corrected chi connectivity index (χ0v) is 20.8. The first kappa shape index (κ1) is 24.3. The van der Waals surface area contributed by atoms with Crippen molar-refractivity contribution in [3.8, 4) is 0 Å². The number of carbonyl (C=O) groups excluding carboxylic acids is 2. The fourth-order valence-corrected chi connectivity index (χ4v) is 6.52. The van der Waals surface area contributed by atoms with Gasteiger partial charge in [0, 0.05) is 28.5 Å². The van der Waals surface area contributed by atoms with Crippen LogP contribution in [0.2, 0.25) is 0 Å². The maximum Gasteiger partial charge on any atom is 0.340 e. The lowest BCUT2D eigenvalue weighted by molar-refractivity contribution is -0.141. The van der Waals surface area contributed by atoms with Gasteiger partial charge >= 0.3 is 5.97 Å². The molecule has 178 valence electrons. The summed E-state index contributed by atoms with van der Waals surface area (Å²) in [5.41, 5.74) is 0.701. The maximum absolute atomic E-state index is 12.9. The molecule has 1 aliphatic heterocycles. The van der Waals surface area contributed by atoms with E-state index in [2.05, 4.69) is 5.32 Å². The topological polar surface area (TPSA) is 92.8 Å². The van der Waals surface area contributed by atoms with E-state index in [1.165, 1.54) is 39.1 Å². The highest BCUT2D eigenvalue weighted by molar-refractivity contribution is 7.89. The number of hydrogen-bond acceptors (Lipinski definition) is 7. The number of benzene rings is 1. The fourth-order valence-electron chi connectivity index (χ4n) is 3.57. The SMILES string of the molecule is O=C(COC(=O)C(=Cc1cccs1)c1cccs1)Nc1cccc(S(=O)(=O)N2CCCCC2)c1. The normalized spacial score (nSPS) is 15.1. The van der Waals surface area contributed by atoms with Crippen LogP contribution in [-0.2, 0) is 24.3 Å². The van der Waals surface area contributed by atoms with Crippen LogP contribution in [0.3, 0.4) is 0 Å². The predicted molar refractivity (Wildman–Crippen MR) is 135 cm³/mol. The molecule has 1 aliphatic rings. The number of amides is 1. The van der Waals surface area contributed by atoms with Crippen molar-refractivity contribution in [2.75, 3.05) is 25.0 Å². The van der Waals surface area contributed by atoms with Crippen LogP contribution in [-0.4, -0.2) is 44.3 Å². The van der Waals surface area contributed by atoms with Gasteiger partial charge in [-0.25, -0.2) is 13.2 Å². The molecule has 0 bridgehead atoms. The number of rotatable bonds is 8. The second kappa shape index (κ2) is 11.1. The minimum Gasteiger partial charge on any atom is -0.452 e. The molecule has 10 heteroatoms. The molecule has 3 aromatic rings. The molecule has 34 heavy (non-hydrogen) atoms. The third-order valence-electron chi connectivity index (χ3n) is 5.24. The number of nitrogens with zero attached hydrogens (tertiary/aromatic N) is 1. The van der Waals surface area contributed by atoms with E-state index in [9.17, 15) is 18.0 Å². The van der Waals surface area contributed by atoms with E-state index in [0.717, 1.165) is 29.0 Å². The van der Waals surface area contributed by atoms with Crippen molar-refractivity contribution >= 4 is 61.9 Å². The van der Waals surface area contributed by atoms with Crippen LogP contribution in [0.1, 0.15) is 29.0 Å². The van der Waals surface area contributed by atoms with Crippen LogP contribution in [0.4, 0.5) is 5.69 Å². The highest BCUT2D eigenvalue weighted by Crippen LogP contribution is 2.26. The van der Waals surface area contributed by atoms with Crippen molar-refractivity contribution in [1.29, 1.82) is 0 Å². The molecule has 1 amide bonds. The Morgan fingerprint density at radius 1 is 1.00 bits per heavy atom. The number of ether oxygens (including phenoxy) is 1. The summed E-state index contributed by atoms with van der Waals surface area (Å²) in [4.78, 5) is 27.0. The smallest absolute Gasteiger partial charge is 0.340 e. The van der Waals surface area contributed by atoms with E-state index < -0.39 is 28.5 Å². The van der Waals surface area contributed by atoms with E-state index in [1.807, 2.05) is 35.0 Å². The lowest BCUT2D eigenvalue weighted by atomic mass is 10.2. The summed E-state index contributed by atoms with van der Waals surface area (Å²) in [6, 6.07) is 13.6. The molecule has 0 radical (unpaired) electrons. The van der Waals surface area contributed by atoms with Gasteiger partial charge in [-0.15, -0.1) is 22.7 Å². The molecule has 1 fully saturated rings. The Hall–Kier alpha value is -2.79. The molecule has 3 heterocycles. The number of sulfonamides is 1. The van der Waals surface area contributed by atoms with Crippen molar-refractivity contribution in [2.45, 2.75) is 24.2 Å². The number of anilines is 1. The molecule has 2 aromatic heterocycles. The van der Waals surface area contributed by atoms with E-state index >= 15 is 0 Å². The predicted octanol–water partition coefficient (Wildman–Crippen LogP) is 4.71. The molecule has 1 N–H and O–H groups in total. The summed E-state index contributed by atoms with van der Waals surface area (Å²) in [6.45, 7) is 0.510. The molecule has 1 aromatic carbocycles. The summed E-state index contributed by atoms with van der Waals surface area (Å²) in [7, 11) is -3.62. The van der Waals surface area contributed by atoms with Crippen LogP contribution >= 0.6 is 22.7 Å². The van der Waals surface area contributed by atoms with E-state index in [0.29, 0.717) is 24.4 Å². The van der Waals surface area contributed by atoms with Gasteiger partial charge in [0.15, 0.2) is 6.61 Å². The van der Waals surface area contributed by atoms with Crippen LogP contribution < -0.4 is 5.32 Å². The summed E-state index contributed by atoms with van der Waals surface area (Å²) in [5.74, 6) is -1.16. The van der Waals surface area contributed by atoms with Crippen molar-refractivity contribution in [3.05, 3.63) is 69.0 Å². The summed E-state index contributed by atoms with van der Waals surface area (Å²) < 4.78 is 32.5. The molecule has 0 aliphatic carbocycles. The Morgan fingerprint density at radius 2 is 1.76 bits per heavy atom. The van der Waals surface area contributed by atoms with Crippen molar-refractivity contribution in [3.63, 3.8) is 0 Å². The molecular formula is C24H24N2O5S3. The first-order valence-electron chi connectivity index (χ1n) is 10.8. The Balaban J connectivity index is 1.40. The average molecular weight is 517 g/mol. The van der Waals surface area contributed by atoms with E-state index in [1.54, 1.807) is 18.2 Å². The number of hydrogen-bond donors (Lipinski definition) is 1. The Labute approximate surface area is 206 Å². The molecule has 1 saturated heterocycles. The van der Waals surface area contributed by atoms with Gasteiger partial charge in [0.2, 0.25) is 10.0 Å². The van der Waals surface area contributed by atoms with Crippen LogP contribution in [0, 0.1) is 0 Å². The van der Waals surface area contributed by atoms with E-state index in [4.69, 9.17) is 4.74 Å². The van der Waals surface area contributed by atoms with Gasteiger partial charge in [0.25, 0.3) is 5.91 Å². The third kappa shape index (κ3) is 6.01. The monoisotopic (exact) mass is 516 g/mol. The molecule has 0 spiro atoms. The van der Waals surface area contributed by atoms with Gasteiger partial charge in [-0.05, 0) is 60.0 Å². The number of carbonyl (C=O) groups is 2. The Morgan fingerprint density at radius 3 is 2.47 bits per heavy atom. The minimum absolute atomic E-state index is 0.128. The van der Waals surface area contributed by atoms with Gasteiger partial charge in [0.05, 0.1) is 10.5 Å². The number of thiophene rings is 2. The zero-order chi connectivity index (χ0) is 24.0. The first-order chi connectivity index (χ1) is 16.4. The number of esters is 1. The Kier molecular flexibility index (Phi) is 7.94. The van der Waals surface area contributed by atoms with Gasteiger partial charge in [-0.3, -0.25) is 4.79 Å². The standard InChI is InChI=1S/C24H24N2O5S3/c27-23(17-31-24(28)21(22-10-6-14-33-22)16-19-8-5-13-32-19)25-18-7-4-9-20(15-18)34(29,30)26-11-2-1-3-12-26/h4-10,13-16H,1-3,11-12,17H2,(H,25,27). The van der Waals surface area contributed by atoms with Crippen molar-refractivity contribution in [1.82, 2.24) is 4.31 Å². The summed E-state index contributed by atoms with van der Waals surface area (Å²) >= 11 is 2.90. The van der Waals surface area contributed by atoms with Gasteiger partial charge in [-0.1, -0.05) is 24.6 Å². The maximum atomic E-state index is 12.9. The second-order valence-electron chi connectivity index (χ2n) is 7.67. The molecule has 4 rings (SSSR count). The van der Waals surface area contributed by atoms with E-state index in [-0.39, 0.29) is 4.90 Å². The molecule has 7 nitrogen and oxygen atoms in total. The summed E-state index contributed by atoms with van der Waals surface area (Å²) in [6.07, 6.45) is 4.45.